The molecule has 82 valence electrons. The second-order valence-electron chi connectivity index (χ2n) is 2.93. The number of aliphatic carboxylic acids is 1. The van der Waals surface area contributed by atoms with Crippen LogP contribution in [-0.4, -0.2) is 34.5 Å². The molecule has 0 aliphatic carbocycles. The van der Waals surface area contributed by atoms with Crippen molar-refractivity contribution in [1.29, 1.82) is 0 Å². The lowest BCUT2D eigenvalue weighted by atomic mass is 10.2. The van der Waals surface area contributed by atoms with Crippen LogP contribution in [0.1, 0.15) is 26.7 Å². The fraction of sp³-hybridized carbons (Fsp3) is 0.778. The fourth-order valence-electron chi connectivity index (χ4n) is 1.04. The zero-order valence-corrected chi connectivity index (χ0v) is 9.39. The van der Waals surface area contributed by atoms with Crippen molar-refractivity contribution in [3.05, 3.63) is 0 Å². The molecule has 0 rings (SSSR count). The Kier molecular flexibility index (Phi) is 7.28. The predicted octanol–water partition coefficient (Wildman–Crippen LogP) is 1.11. The van der Waals surface area contributed by atoms with Crippen LogP contribution in [0.2, 0.25) is 0 Å². The number of rotatable bonds is 7. The van der Waals surface area contributed by atoms with E-state index in [9.17, 15) is 9.59 Å². The van der Waals surface area contributed by atoms with Gasteiger partial charge in [-0.2, -0.15) is 11.8 Å². The number of carbonyl (C=O) groups excluding carboxylic acids is 1. The zero-order chi connectivity index (χ0) is 11.0. The van der Waals surface area contributed by atoms with Crippen molar-refractivity contribution >= 4 is 23.6 Å². The zero-order valence-electron chi connectivity index (χ0n) is 8.58. The van der Waals surface area contributed by atoms with E-state index in [2.05, 4.69) is 12.2 Å². The molecule has 0 aromatic carbocycles. The van der Waals surface area contributed by atoms with Gasteiger partial charge in [0.25, 0.3) is 0 Å². The van der Waals surface area contributed by atoms with E-state index in [4.69, 9.17) is 5.11 Å². The highest BCUT2D eigenvalue weighted by atomic mass is 32.2. The Balaban J connectivity index is 3.74. The van der Waals surface area contributed by atoms with Crippen molar-refractivity contribution in [2.45, 2.75) is 32.7 Å². The predicted molar refractivity (Wildman–Crippen MR) is 57.5 cm³/mol. The molecule has 14 heavy (non-hydrogen) atoms. The minimum Gasteiger partial charge on any atom is -0.480 e. The molecule has 0 aliphatic heterocycles. The first-order valence-electron chi connectivity index (χ1n) is 4.65. The van der Waals surface area contributed by atoms with E-state index in [1.165, 1.54) is 6.92 Å². The summed E-state index contributed by atoms with van der Waals surface area (Å²) in [5.74, 6) is 0.736. The SMILES string of the molecule is CCSCCCC(NC(C)=O)C(=O)O. The van der Waals surface area contributed by atoms with Gasteiger partial charge in [0.1, 0.15) is 6.04 Å². The first-order valence-corrected chi connectivity index (χ1v) is 5.81. The van der Waals surface area contributed by atoms with E-state index < -0.39 is 12.0 Å². The van der Waals surface area contributed by atoms with Crippen LogP contribution in [0, 0.1) is 0 Å². The Morgan fingerprint density at radius 1 is 1.50 bits per heavy atom. The highest BCUT2D eigenvalue weighted by Crippen LogP contribution is 2.06. The molecule has 0 aromatic heterocycles. The second kappa shape index (κ2) is 7.67. The summed E-state index contributed by atoms with van der Waals surface area (Å²) < 4.78 is 0. The molecule has 4 nitrogen and oxygen atoms in total. The topological polar surface area (TPSA) is 66.4 Å². The second-order valence-corrected chi connectivity index (χ2v) is 4.32. The molecule has 1 atom stereocenters. The van der Waals surface area contributed by atoms with Gasteiger partial charge < -0.3 is 10.4 Å². The van der Waals surface area contributed by atoms with Crippen molar-refractivity contribution in [1.82, 2.24) is 5.32 Å². The fourth-order valence-corrected chi connectivity index (χ4v) is 1.70. The molecule has 0 bridgehead atoms. The molecule has 0 aromatic rings. The third kappa shape index (κ3) is 6.77. The maximum atomic E-state index is 10.7. The van der Waals surface area contributed by atoms with Gasteiger partial charge in [-0.05, 0) is 24.3 Å². The van der Waals surface area contributed by atoms with Crippen LogP contribution < -0.4 is 5.32 Å². The van der Waals surface area contributed by atoms with Gasteiger partial charge in [0.2, 0.25) is 5.91 Å². The molecule has 1 unspecified atom stereocenters. The number of hydrogen-bond donors (Lipinski definition) is 2. The van der Waals surface area contributed by atoms with E-state index in [1.54, 1.807) is 11.8 Å². The van der Waals surface area contributed by atoms with Crippen LogP contribution in [0.3, 0.4) is 0 Å². The minimum absolute atomic E-state index is 0.291. The van der Waals surface area contributed by atoms with Gasteiger partial charge in [-0.15, -0.1) is 0 Å². The third-order valence-electron chi connectivity index (χ3n) is 1.66. The van der Waals surface area contributed by atoms with Crippen molar-refractivity contribution in [3.63, 3.8) is 0 Å². The van der Waals surface area contributed by atoms with Gasteiger partial charge in [-0.1, -0.05) is 6.92 Å². The van der Waals surface area contributed by atoms with Crippen LogP contribution in [0.15, 0.2) is 0 Å². The van der Waals surface area contributed by atoms with Crippen LogP contribution in [0.4, 0.5) is 0 Å². The van der Waals surface area contributed by atoms with Gasteiger partial charge >= 0.3 is 5.97 Å². The van der Waals surface area contributed by atoms with Crippen molar-refractivity contribution < 1.29 is 14.7 Å². The highest BCUT2D eigenvalue weighted by molar-refractivity contribution is 7.99. The standard InChI is InChI=1S/C9H17NO3S/c1-3-14-6-4-5-8(9(12)13)10-7(2)11/h8H,3-6H2,1-2H3,(H,10,11)(H,12,13). The third-order valence-corrected chi connectivity index (χ3v) is 2.65. The Morgan fingerprint density at radius 2 is 2.14 bits per heavy atom. The van der Waals surface area contributed by atoms with Gasteiger partial charge in [-0.3, -0.25) is 4.79 Å². The first kappa shape index (κ1) is 13.3. The summed E-state index contributed by atoms with van der Waals surface area (Å²) >= 11 is 1.78. The number of nitrogens with one attached hydrogen (secondary N) is 1. The van der Waals surface area contributed by atoms with E-state index in [0.29, 0.717) is 6.42 Å². The lowest BCUT2D eigenvalue weighted by Crippen LogP contribution is -2.39. The van der Waals surface area contributed by atoms with E-state index in [0.717, 1.165) is 17.9 Å². The van der Waals surface area contributed by atoms with E-state index >= 15 is 0 Å². The summed E-state index contributed by atoms with van der Waals surface area (Å²) in [7, 11) is 0. The van der Waals surface area contributed by atoms with Gasteiger partial charge in [0, 0.05) is 6.92 Å². The van der Waals surface area contributed by atoms with Crippen LogP contribution in [0.25, 0.3) is 0 Å². The molecular formula is C9H17NO3S. The summed E-state index contributed by atoms with van der Waals surface area (Å²) in [6, 6.07) is -0.732. The Labute approximate surface area is 88.4 Å². The molecular weight excluding hydrogens is 202 g/mol. The van der Waals surface area contributed by atoms with Crippen molar-refractivity contribution in [2.75, 3.05) is 11.5 Å². The average Bonchev–Trinajstić information content (AvgIpc) is 2.09. The summed E-state index contributed by atoms with van der Waals surface area (Å²) in [5, 5.41) is 11.2. The minimum atomic E-state index is -0.957. The smallest absolute Gasteiger partial charge is 0.326 e. The number of amides is 1. The van der Waals surface area contributed by atoms with Crippen LogP contribution >= 0.6 is 11.8 Å². The highest BCUT2D eigenvalue weighted by Gasteiger charge is 2.17. The van der Waals surface area contributed by atoms with E-state index in [1.807, 2.05) is 0 Å². The van der Waals surface area contributed by atoms with Crippen LogP contribution in [0.5, 0.6) is 0 Å². The van der Waals surface area contributed by atoms with E-state index in [-0.39, 0.29) is 5.91 Å². The number of carbonyl (C=O) groups is 2. The Morgan fingerprint density at radius 3 is 2.57 bits per heavy atom. The molecule has 0 saturated carbocycles. The lowest BCUT2D eigenvalue weighted by Gasteiger charge is -2.12. The number of hydrogen-bond acceptors (Lipinski definition) is 3. The largest absolute Gasteiger partial charge is 0.480 e. The Bertz CT molecular complexity index is 196. The summed E-state index contributed by atoms with van der Waals surface area (Å²) in [6.45, 7) is 3.39. The van der Waals surface area contributed by atoms with Gasteiger partial charge in [-0.25, -0.2) is 4.79 Å². The summed E-state index contributed by atoms with van der Waals surface area (Å²) in [5.41, 5.74) is 0. The lowest BCUT2D eigenvalue weighted by molar-refractivity contribution is -0.141. The molecule has 0 spiro atoms. The van der Waals surface area contributed by atoms with Crippen molar-refractivity contribution in [3.8, 4) is 0 Å². The monoisotopic (exact) mass is 219 g/mol. The molecule has 1 amide bonds. The maximum absolute atomic E-state index is 10.7. The number of carboxylic acid groups (broad SMARTS) is 1. The van der Waals surface area contributed by atoms with Gasteiger partial charge in [0.15, 0.2) is 0 Å². The quantitative estimate of drug-likeness (QED) is 0.629. The molecule has 0 fully saturated rings. The molecule has 0 saturated heterocycles. The summed E-state index contributed by atoms with van der Waals surface area (Å²) in [4.78, 5) is 21.3. The molecule has 0 radical (unpaired) electrons. The molecule has 2 N–H and O–H groups in total. The normalized spacial score (nSPS) is 12.1. The number of carboxylic acids is 1. The maximum Gasteiger partial charge on any atom is 0.326 e. The molecule has 5 heteroatoms. The van der Waals surface area contributed by atoms with Gasteiger partial charge in [0.05, 0.1) is 0 Å². The molecule has 0 heterocycles. The van der Waals surface area contributed by atoms with Crippen LogP contribution in [-0.2, 0) is 9.59 Å². The number of thioether (sulfide) groups is 1. The summed E-state index contributed by atoms with van der Waals surface area (Å²) in [6.07, 6.45) is 1.32. The van der Waals surface area contributed by atoms with Crippen molar-refractivity contribution in [2.24, 2.45) is 0 Å². The average molecular weight is 219 g/mol. The Hall–Kier alpha value is -0.710. The first-order chi connectivity index (χ1) is 6.57. The molecule has 0 aliphatic rings.